The second kappa shape index (κ2) is 6.68. The van der Waals surface area contributed by atoms with Crippen molar-refractivity contribution < 1.29 is 19.5 Å². The highest BCUT2D eigenvalue weighted by Gasteiger charge is 2.43. The van der Waals surface area contributed by atoms with Gasteiger partial charge in [-0.25, -0.2) is 4.79 Å². The molecule has 0 aromatic heterocycles. The van der Waals surface area contributed by atoms with Crippen molar-refractivity contribution in [3.8, 4) is 0 Å². The number of carboxylic acid groups (broad SMARTS) is 1. The van der Waals surface area contributed by atoms with E-state index >= 15 is 0 Å². The van der Waals surface area contributed by atoms with Gasteiger partial charge in [0.1, 0.15) is 12.1 Å². The highest BCUT2D eigenvalue weighted by Crippen LogP contribution is 2.34. The number of thioether (sulfide) groups is 1. The van der Waals surface area contributed by atoms with E-state index in [-0.39, 0.29) is 18.4 Å². The smallest absolute Gasteiger partial charge is 0.329 e. The van der Waals surface area contributed by atoms with Crippen LogP contribution >= 0.6 is 11.8 Å². The van der Waals surface area contributed by atoms with E-state index < -0.39 is 11.5 Å². The predicted molar refractivity (Wildman–Crippen MR) is 79.8 cm³/mol. The highest BCUT2D eigenvalue weighted by atomic mass is 32.2. The quantitative estimate of drug-likeness (QED) is 0.792. The fourth-order valence-electron chi connectivity index (χ4n) is 2.99. The predicted octanol–water partition coefficient (Wildman–Crippen LogP) is 1.06. The van der Waals surface area contributed by atoms with Crippen LogP contribution < -0.4 is 5.32 Å². The number of nitrogens with one attached hydrogen (secondary N) is 1. The Bertz CT molecular complexity index is 433. The molecule has 1 aliphatic heterocycles. The Balaban J connectivity index is 1.95. The van der Waals surface area contributed by atoms with Gasteiger partial charge in [0.05, 0.1) is 11.6 Å². The molecule has 0 aromatic carbocycles. The average molecular weight is 314 g/mol. The monoisotopic (exact) mass is 314 g/mol. The molecule has 2 amide bonds. The van der Waals surface area contributed by atoms with E-state index in [4.69, 9.17) is 0 Å². The van der Waals surface area contributed by atoms with Crippen molar-refractivity contribution in [1.82, 2.24) is 10.2 Å². The van der Waals surface area contributed by atoms with Crippen LogP contribution in [0.3, 0.4) is 0 Å². The van der Waals surface area contributed by atoms with E-state index in [9.17, 15) is 19.5 Å². The van der Waals surface area contributed by atoms with E-state index in [1.807, 2.05) is 0 Å². The average Bonchev–Trinajstić information content (AvgIpc) is 2.84. The molecule has 1 saturated heterocycles. The van der Waals surface area contributed by atoms with E-state index in [1.54, 1.807) is 0 Å². The van der Waals surface area contributed by atoms with Crippen LogP contribution in [-0.2, 0) is 14.4 Å². The van der Waals surface area contributed by atoms with Crippen LogP contribution in [0.1, 0.15) is 39.0 Å². The van der Waals surface area contributed by atoms with Crippen LogP contribution in [0.25, 0.3) is 0 Å². The minimum Gasteiger partial charge on any atom is -0.480 e. The molecular formula is C14H22N2O4S. The third-order valence-corrected chi connectivity index (χ3v) is 5.43. The van der Waals surface area contributed by atoms with E-state index in [0.717, 1.165) is 19.3 Å². The molecule has 2 aliphatic rings. The maximum atomic E-state index is 12.1. The molecule has 2 N–H and O–H groups in total. The zero-order valence-electron chi connectivity index (χ0n) is 12.3. The van der Waals surface area contributed by atoms with Gasteiger partial charge < -0.3 is 15.3 Å². The van der Waals surface area contributed by atoms with Crippen LogP contribution in [-0.4, -0.2) is 51.5 Å². The van der Waals surface area contributed by atoms with Crippen LogP contribution in [0, 0.1) is 5.92 Å². The van der Waals surface area contributed by atoms with Gasteiger partial charge >= 0.3 is 5.97 Å². The standard InChI is InChI=1S/C14H22N2O4S/c1-2-10-3-5-14(6-4-10,13(19)20)15-11(17)7-16-9-21-8-12(16)18/h10H,2-9H2,1H3,(H,15,17)(H,19,20). The molecule has 0 bridgehead atoms. The molecule has 21 heavy (non-hydrogen) atoms. The molecule has 6 nitrogen and oxygen atoms in total. The molecule has 1 aliphatic carbocycles. The number of amides is 2. The summed E-state index contributed by atoms with van der Waals surface area (Å²) in [6, 6.07) is 0. The summed E-state index contributed by atoms with van der Waals surface area (Å²) in [5.74, 6) is 0.0515. The van der Waals surface area contributed by atoms with Gasteiger partial charge in [0.15, 0.2) is 0 Å². The summed E-state index contributed by atoms with van der Waals surface area (Å²) in [7, 11) is 0. The Morgan fingerprint density at radius 1 is 1.43 bits per heavy atom. The van der Waals surface area contributed by atoms with Crippen molar-refractivity contribution in [2.75, 3.05) is 18.2 Å². The molecule has 0 atom stereocenters. The van der Waals surface area contributed by atoms with Gasteiger partial charge in [-0.05, 0) is 31.6 Å². The lowest BCUT2D eigenvalue weighted by Gasteiger charge is -2.37. The molecule has 0 aromatic rings. The second-order valence-electron chi connectivity index (χ2n) is 5.86. The molecule has 0 unspecified atom stereocenters. The molecule has 1 heterocycles. The molecule has 2 fully saturated rings. The van der Waals surface area contributed by atoms with Crippen LogP contribution in [0.15, 0.2) is 0 Å². The van der Waals surface area contributed by atoms with Gasteiger partial charge in [0.25, 0.3) is 0 Å². The molecule has 0 radical (unpaired) electrons. The van der Waals surface area contributed by atoms with E-state index in [1.165, 1.54) is 16.7 Å². The van der Waals surface area contributed by atoms with E-state index in [2.05, 4.69) is 12.2 Å². The minimum absolute atomic E-state index is 0.0436. The number of carboxylic acids is 1. The Hall–Kier alpha value is -1.24. The zero-order chi connectivity index (χ0) is 15.5. The van der Waals surface area contributed by atoms with Crippen molar-refractivity contribution in [1.29, 1.82) is 0 Å². The van der Waals surface area contributed by atoms with Gasteiger partial charge in [0.2, 0.25) is 11.8 Å². The van der Waals surface area contributed by atoms with Crippen LogP contribution in [0.2, 0.25) is 0 Å². The number of nitrogens with zero attached hydrogens (tertiary/aromatic N) is 1. The lowest BCUT2D eigenvalue weighted by Crippen LogP contribution is -2.58. The maximum absolute atomic E-state index is 12.1. The number of aliphatic carboxylic acids is 1. The van der Waals surface area contributed by atoms with Crippen molar-refractivity contribution in [2.24, 2.45) is 5.92 Å². The largest absolute Gasteiger partial charge is 0.480 e. The first-order valence-electron chi connectivity index (χ1n) is 7.37. The summed E-state index contributed by atoms with van der Waals surface area (Å²) in [5, 5.41) is 12.2. The zero-order valence-corrected chi connectivity index (χ0v) is 13.1. The Labute approximate surface area is 128 Å². The van der Waals surface area contributed by atoms with E-state index in [0.29, 0.717) is 30.4 Å². The fraction of sp³-hybridized carbons (Fsp3) is 0.786. The summed E-state index contributed by atoms with van der Waals surface area (Å²) < 4.78 is 0. The normalized spacial score (nSPS) is 29.5. The maximum Gasteiger partial charge on any atom is 0.329 e. The van der Waals surface area contributed by atoms with Crippen molar-refractivity contribution >= 4 is 29.5 Å². The summed E-state index contributed by atoms with van der Waals surface area (Å²) in [6.45, 7) is 2.06. The number of hydrogen-bond donors (Lipinski definition) is 2. The lowest BCUT2D eigenvalue weighted by atomic mass is 9.75. The molecular weight excluding hydrogens is 292 g/mol. The van der Waals surface area contributed by atoms with Crippen molar-refractivity contribution in [2.45, 2.75) is 44.6 Å². The lowest BCUT2D eigenvalue weighted by molar-refractivity contribution is -0.150. The Kier molecular flexibility index (Phi) is 5.13. The van der Waals surface area contributed by atoms with Crippen molar-refractivity contribution in [3.05, 3.63) is 0 Å². The van der Waals surface area contributed by atoms with Gasteiger partial charge in [-0.3, -0.25) is 9.59 Å². The number of carbonyl (C=O) groups excluding carboxylic acids is 2. The third kappa shape index (κ3) is 3.70. The summed E-state index contributed by atoms with van der Waals surface area (Å²) in [4.78, 5) is 36.7. The number of rotatable bonds is 5. The topological polar surface area (TPSA) is 86.7 Å². The van der Waals surface area contributed by atoms with Gasteiger partial charge in [-0.15, -0.1) is 11.8 Å². The highest BCUT2D eigenvalue weighted by molar-refractivity contribution is 8.00. The van der Waals surface area contributed by atoms with Crippen LogP contribution in [0.4, 0.5) is 0 Å². The fourth-order valence-corrected chi connectivity index (χ4v) is 3.90. The number of hydrogen-bond acceptors (Lipinski definition) is 4. The Morgan fingerprint density at radius 2 is 2.10 bits per heavy atom. The van der Waals surface area contributed by atoms with Crippen molar-refractivity contribution in [3.63, 3.8) is 0 Å². The molecule has 118 valence electrons. The Morgan fingerprint density at radius 3 is 2.57 bits per heavy atom. The molecule has 0 spiro atoms. The first-order chi connectivity index (χ1) is 9.97. The van der Waals surface area contributed by atoms with Gasteiger partial charge in [-0.1, -0.05) is 13.3 Å². The third-order valence-electron chi connectivity index (χ3n) is 4.48. The van der Waals surface area contributed by atoms with Gasteiger partial charge in [-0.2, -0.15) is 0 Å². The number of carbonyl (C=O) groups is 3. The minimum atomic E-state index is -1.15. The first-order valence-corrected chi connectivity index (χ1v) is 8.52. The van der Waals surface area contributed by atoms with Gasteiger partial charge in [0, 0.05) is 0 Å². The second-order valence-corrected chi connectivity index (χ2v) is 6.81. The first kappa shape index (κ1) is 16.1. The SMILES string of the molecule is CCC1CCC(NC(=O)CN2CSCC2=O)(C(=O)O)CC1. The summed E-state index contributed by atoms with van der Waals surface area (Å²) in [6.07, 6.45) is 3.62. The van der Waals surface area contributed by atoms with Crippen LogP contribution in [0.5, 0.6) is 0 Å². The summed E-state index contributed by atoms with van der Waals surface area (Å²) in [5.41, 5.74) is -1.15. The molecule has 1 saturated carbocycles. The molecule has 7 heteroatoms. The summed E-state index contributed by atoms with van der Waals surface area (Å²) >= 11 is 1.47. The molecule has 2 rings (SSSR count).